The Labute approximate surface area is 170 Å². The molecule has 0 saturated carbocycles. The standard InChI is InChI=1S/C23H26N4O2/c24-13-18-23(29-22(25-18)20-7-4-10-28-20)27-9-3-5-15-11-16-12-17(21(15)27)14-26-8-2-1-6-19(16)26/h4,7,10-11,16-17,19,21H,1-3,5-6,8-9,12,14H2/t16?,17?,19-,21-/m1/s1. The Hall–Kier alpha value is -2.52. The van der Waals surface area contributed by atoms with Crippen LogP contribution in [0.25, 0.3) is 11.7 Å². The van der Waals surface area contributed by atoms with Gasteiger partial charge in [0, 0.05) is 19.1 Å². The number of piperidine rings is 3. The van der Waals surface area contributed by atoms with E-state index in [1.165, 1.54) is 45.2 Å². The molecule has 0 spiro atoms. The van der Waals surface area contributed by atoms with Crippen LogP contribution in [0.5, 0.6) is 0 Å². The van der Waals surface area contributed by atoms with Crippen molar-refractivity contribution in [2.24, 2.45) is 11.8 Å². The van der Waals surface area contributed by atoms with Crippen LogP contribution in [0.1, 0.15) is 44.2 Å². The van der Waals surface area contributed by atoms with Gasteiger partial charge in [-0.2, -0.15) is 10.2 Å². The summed E-state index contributed by atoms with van der Waals surface area (Å²) < 4.78 is 11.6. The van der Waals surface area contributed by atoms with E-state index in [0.717, 1.165) is 19.0 Å². The maximum atomic E-state index is 9.73. The SMILES string of the molecule is N#Cc1nc(-c2ccco2)oc1N1CCCC2=CC3CC(CN4CCCC[C@H]34)[C@@H]21. The molecule has 0 N–H and O–H groups in total. The predicted octanol–water partition coefficient (Wildman–Crippen LogP) is 4.21. The third kappa shape index (κ3) is 2.75. The number of hydrogen-bond donors (Lipinski definition) is 0. The molecule has 2 aromatic rings. The van der Waals surface area contributed by atoms with E-state index in [9.17, 15) is 5.26 Å². The summed E-state index contributed by atoms with van der Waals surface area (Å²) in [4.78, 5) is 9.51. The molecule has 4 atom stereocenters. The summed E-state index contributed by atoms with van der Waals surface area (Å²) in [6, 6.07) is 6.96. The van der Waals surface area contributed by atoms with Crippen LogP contribution < -0.4 is 4.90 Å². The van der Waals surface area contributed by atoms with Gasteiger partial charge in [-0.1, -0.05) is 18.1 Å². The molecular formula is C23H26N4O2. The van der Waals surface area contributed by atoms with Crippen LogP contribution >= 0.6 is 0 Å². The Bertz CT molecular complexity index is 970. The minimum absolute atomic E-state index is 0.326. The number of anilines is 1. The summed E-state index contributed by atoms with van der Waals surface area (Å²) in [5, 5.41) is 9.73. The lowest BCUT2D eigenvalue weighted by molar-refractivity contribution is 0.0306. The Morgan fingerprint density at radius 2 is 2.17 bits per heavy atom. The number of nitrogens with zero attached hydrogens (tertiary/aromatic N) is 4. The predicted molar refractivity (Wildman–Crippen MR) is 108 cm³/mol. The molecule has 5 heterocycles. The van der Waals surface area contributed by atoms with Crippen molar-refractivity contribution >= 4 is 5.88 Å². The lowest BCUT2D eigenvalue weighted by Gasteiger charge is -2.54. The summed E-state index contributed by atoms with van der Waals surface area (Å²) >= 11 is 0. The molecule has 2 unspecified atom stereocenters. The Morgan fingerprint density at radius 1 is 1.21 bits per heavy atom. The van der Waals surface area contributed by atoms with Crippen LogP contribution in [0.15, 0.2) is 38.9 Å². The van der Waals surface area contributed by atoms with E-state index in [2.05, 4.69) is 26.9 Å². The second-order valence-corrected chi connectivity index (χ2v) is 8.96. The van der Waals surface area contributed by atoms with E-state index >= 15 is 0 Å². The van der Waals surface area contributed by atoms with E-state index in [0.29, 0.717) is 41.1 Å². The van der Waals surface area contributed by atoms with Crippen LogP contribution in [0.4, 0.5) is 5.88 Å². The first-order valence-electron chi connectivity index (χ1n) is 11.0. The zero-order valence-corrected chi connectivity index (χ0v) is 16.6. The monoisotopic (exact) mass is 390 g/mol. The van der Waals surface area contributed by atoms with Crippen molar-refractivity contribution in [3.63, 3.8) is 0 Å². The minimum Gasteiger partial charge on any atom is -0.459 e. The van der Waals surface area contributed by atoms with Crippen LogP contribution in [-0.4, -0.2) is 41.6 Å². The molecule has 150 valence electrons. The number of aromatic nitrogens is 1. The first-order chi connectivity index (χ1) is 14.3. The summed E-state index contributed by atoms with van der Waals surface area (Å²) in [5.41, 5.74) is 1.92. The van der Waals surface area contributed by atoms with Gasteiger partial charge in [0.2, 0.25) is 11.6 Å². The van der Waals surface area contributed by atoms with Crippen molar-refractivity contribution in [3.05, 3.63) is 35.7 Å². The van der Waals surface area contributed by atoms with Gasteiger partial charge in [0.05, 0.1) is 12.3 Å². The fraction of sp³-hybridized carbons (Fsp3) is 0.565. The second-order valence-electron chi connectivity index (χ2n) is 8.96. The smallest absolute Gasteiger partial charge is 0.266 e. The van der Waals surface area contributed by atoms with E-state index < -0.39 is 0 Å². The third-order valence-electron chi connectivity index (χ3n) is 7.37. The van der Waals surface area contributed by atoms with Crippen LogP contribution in [-0.2, 0) is 0 Å². The molecule has 0 aromatic carbocycles. The van der Waals surface area contributed by atoms with E-state index in [1.807, 2.05) is 12.1 Å². The molecule has 2 aromatic heterocycles. The summed E-state index contributed by atoms with van der Waals surface area (Å²) in [7, 11) is 0. The highest BCUT2D eigenvalue weighted by Gasteiger charge is 2.47. The van der Waals surface area contributed by atoms with Gasteiger partial charge in [-0.05, 0) is 62.6 Å². The van der Waals surface area contributed by atoms with Gasteiger partial charge in [0.15, 0.2) is 5.76 Å². The van der Waals surface area contributed by atoms with Crippen LogP contribution in [0.3, 0.4) is 0 Å². The third-order valence-corrected chi connectivity index (χ3v) is 7.37. The van der Waals surface area contributed by atoms with Crippen LogP contribution in [0, 0.1) is 23.2 Å². The lowest BCUT2D eigenvalue weighted by Crippen LogP contribution is -2.59. The molecule has 3 saturated heterocycles. The van der Waals surface area contributed by atoms with Crippen molar-refractivity contribution < 1.29 is 8.83 Å². The van der Waals surface area contributed by atoms with Gasteiger partial charge in [0.1, 0.15) is 6.07 Å². The van der Waals surface area contributed by atoms with Gasteiger partial charge in [-0.15, -0.1) is 0 Å². The highest BCUT2D eigenvalue weighted by atomic mass is 16.4. The molecule has 6 rings (SSSR count). The first kappa shape index (κ1) is 17.3. The number of fused-ring (bicyclic) bond motifs is 6. The van der Waals surface area contributed by atoms with E-state index in [4.69, 9.17) is 8.83 Å². The molecule has 6 nitrogen and oxygen atoms in total. The molecule has 2 bridgehead atoms. The molecule has 4 aliphatic rings. The van der Waals surface area contributed by atoms with Crippen molar-refractivity contribution in [3.8, 4) is 17.7 Å². The van der Waals surface area contributed by atoms with Crippen molar-refractivity contribution in [2.75, 3.05) is 24.5 Å². The zero-order chi connectivity index (χ0) is 19.4. The maximum Gasteiger partial charge on any atom is 0.266 e. The number of hydrogen-bond acceptors (Lipinski definition) is 6. The normalized spacial score (nSPS) is 31.6. The van der Waals surface area contributed by atoms with Crippen molar-refractivity contribution in [1.29, 1.82) is 5.26 Å². The van der Waals surface area contributed by atoms with E-state index in [1.54, 1.807) is 11.8 Å². The molecule has 3 fully saturated rings. The lowest BCUT2D eigenvalue weighted by atomic mass is 9.68. The quantitative estimate of drug-likeness (QED) is 0.716. The molecule has 1 aliphatic carbocycles. The molecule has 6 heteroatoms. The largest absolute Gasteiger partial charge is 0.459 e. The number of nitriles is 1. The van der Waals surface area contributed by atoms with Crippen molar-refractivity contribution in [1.82, 2.24) is 9.88 Å². The minimum atomic E-state index is 0.326. The van der Waals surface area contributed by atoms with Gasteiger partial charge < -0.3 is 13.7 Å². The second kappa shape index (κ2) is 6.77. The van der Waals surface area contributed by atoms with Crippen LogP contribution in [0.2, 0.25) is 0 Å². The molecule has 29 heavy (non-hydrogen) atoms. The average Bonchev–Trinajstić information content (AvgIpc) is 3.43. The zero-order valence-electron chi connectivity index (χ0n) is 16.6. The van der Waals surface area contributed by atoms with Gasteiger partial charge >= 0.3 is 0 Å². The van der Waals surface area contributed by atoms with E-state index in [-0.39, 0.29) is 0 Å². The maximum absolute atomic E-state index is 9.73. The highest BCUT2D eigenvalue weighted by molar-refractivity contribution is 5.57. The molecule has 3 aliphatic heterocycles. The fourth-order valence-corrected chi connectivity index (χ4v) is 6.29. The number of rotatable bonds is 2. The Kier molecular flexibility index (Phi) is 4.05. The fourth-order valence-electron chi connectivity index (χ4n) is 6.29. The average molecular weight is 390 g/mol. The Morgan fingerprint density at radius 3 is 3.03 bits per heavy atom. The Balaban J connectivity index is 1.38. The number of furan rings is 1. The van der Waals surface area contributed by atoms with Gasteiger partial charge in [-0.25, -0.2) is 0 Å². The van der Waals surface area contributed by atoms with Gasteiger partial charge in [-0.3, -0.25) is 4.90 Å². The first-order valence-corrected chi connectivity index (χ1v) is 11.0. The van der Waals surface area contributed by atoms with Crippen molar-refractivity contribution in [2.45, 2.75) is 50.6 Å². The molecule has 0 radical (unpaired) electrons. The highest BCUT2D eigenvalue weighted by Crippen LogP contribution is 2.46. The van der Waals surface area contributed by atoms with Gasteiger partial charge in [0.25, 0.3) is 5.89 Å². The molecule has 0 amide bonds. The summed E-state index contributed by atoms with van der Waals surface area (Å²) in [5.74, 6) is 2.88. The topological polar surface area (TPSA) is 69.4 Å². The number of oxazole rings is 1. The molecular weight excluding hydrogens is 364 g/mol. The summed E-state index contributed by atoms with van der Waals surface area (Å²) in [6.45, 7) is 3.32. The summed E-state index contributed by atoms with van der Waals surface area (Å²) in [6.07, 6.45) is 11.8.